The molecule has 0 fully saturated rings. The fourth-order valence-electron chi connectivity index (χ4n) is 2.17. The van der Waals surface area contributed by atoms with E-state index in [4.69, 9.17) is 5.11 Å². The second kappa shape index (κ2) is 5.35. The van der Waals surface area contributed by atoms with Gasteiger partial charge in [0.25, 0.3) is 5.56 Å². The maximum absolute atomic E-state index is 12.1. The van der Waals surface area contributed by atoms with E-state index in [-0.39, 0.29) is 15.1 Å². The topological polar surface area (TPSA) is 127 Å². The molecule has 0 aliphatic heterocycles. The molecule has 0 saturated heterocycles. The van der Waals surface area contributed by atoms with Gasteiger partial charge in [-0.2, -0.15) is 5.10 Å². The number of pyridine rings is 1. The largest absolute Gasteiger partial charge is 0.477 e. The number of hydrogen-bond acceptors (Lipinski definition) is 7. The molecule has 0 bridgehead atoms. The zero-order valence-corrected chi connectivity index (χ0v) is 12.7. The average Bonchev–Trinajstić information content (AvgIpc) is 3.25. The third-order valence-electron chi connectivity index (χ3n) is 3.27. The molecule has 4 aromatic heterocycles. The molecule has 2 N–H and O–H groups in total. The van der Waals surface area contributed by atoms with Crippen molar-refractivity contribution in [3.8, 4) is 17.2 Å². The van der Waals surface area contributed by atoms with Crippen molar-refractivity contribution in [3.63, 3.8) is 0 Å². The number of nitrogens with one attached hydrogen (secondary N) is 1. The number of carboxylic acids is 1. The SMILES string of the molecule is O=C(O)c1cc2nc(-c3ccc(-n4cncn4)nc3)[nH]c(=O)c2s1. The summed E-state index contributed by atoms with van der Waals surface area (Å²) in [6.07, 6.45) is 4.47. The minimum Gasteiger partial charge on any atom is -0.477 e. The van der Waals surface area contributed by atoms with Crippen LogP contribution in [0.25, 0.3) is 27.4 Å². The lowest BCUT2D eigenvalue weighted by atomic mass is 10.2. The number of hydrogen-bond donors (Lipinski definition) is 2. The van der Waals surface area contributed by atoms with Gasteiger partial charge >= 0.3 is 5.97 Å². The van der Waals surface area contributed by atoms with E-state index < -0.39 is 5.97 Å². The van der Waals surface area contributed by atoms with Crippen molar-refractivity contribution in [1.82, 2.24) is 29.7 Å². The number of thiophene rings is 1. The van der Waals surface area contributed by atoms with Gasteiger partial charge in [-0.05, 0) is 18.2 Å². The second-order valence-corrected chi connectivity index (χ2v) is 5.84. The van der Waals surface area contributed by atoms with Crippen LogP contribution >= 0.6 is 11.3 Å². The molecular weight excluding hydrogens is 332 g/mol. The molecule has 4 aromatic rings. The Labute approximate surface area is 137 Å². The highest BCUT2D eigenvalue weighted by molar-refractivity contribution is 7.20. The van der Waals surface area contributed by atoms with Gasteiger partial charge in [0.15, 0.2) is 5.82 Å². The molecule has 0 atom stereocenters. The van der Waals surface area contributed by atoms with Gasteiger partial charge in [0.2, 0.25) is 0 Å². The van der Waals surface area contributed by atoms with Crippen LogP contribution in [0.3, 0.4) is 0 Å². The normalized spacial score (nSPS) is 11.0. The molecule has 0 aliphatic rings. The van der Waals surface area contributed by atoms with Gasteiger partial charge in [0.1, 0.15) is 28.1 Å². The number of carbonyl (C=O) groups is 1. The highest BCUT2D eigenvalue weighted by Crippen LogP contribution is 2.23. The van der Waals surface area contributed by atoms with Crippen molar-refractivity contribution in [2.75, 3.05) is 0 Å². The van der Waals surface area contributed by atoms with E-state index in [1.54, 1.807) is 18.3 Å². The van der Waals surface area contributed by atoms with Crippen molar-refractivity contribution >= 4 is 27.5 Å². The van der Waals surface area contributed by atoms with Crippen LogP contribution in [0.4, 0.5) is 0 Å². The molecule has 4 heterocycles. The summed E-state index contributed by atoms with van der Waals surface area (Å²) in [5, 5.41) is 13.0. The molecule has 0 saturated carbocycles. The van der Waals surface area contributed by atoms with E-state index >= 15 is 0 Å². The van der Waals surface area contributed by atoms with Crippen LogP contribution in [0.1, 0.15) is 9.67 Å². The van der Waals surface area contributed by atoms with Crippen molar-refractivity contribution in [2.45, 2.75) is 0 Å². The van der Waals surface area contributed by atoms with Crippen molar-refractivity contribution in [3.05, 3.63) is 52.3 Å². The molecular formula is C14H8N6O3S. The first-order valence-electron chi connectivity index (χ1n) is 6.70. The van der Waals surface area contributed by atoms with Crippen molar-refractivity contribution in [1.29, 1.82) is 0 Å². The smallest absolute Gasteiger partial charge is 0.345 e. The number of nitrogens with zero attached hydrogens (tertiary/aromatic N) is 5. The summed E-state index contributed by atoms with van der Waals surface area (Å²) in [5.41, 5.74) is 0.560. The summed E-state index contributed by atoms with van der Waals surface area (Å²) < 4.78 is 1.78. The third kappa shape index (κ3) is 2.34. The predicted molar refractivity (Wildman–Crippen MR) is 85.3 cm³/mol. The maximum atomic E-state index is 12.1. The highest BCUT2D eigenvalue weighted by atomic mass is 32.1. The van der Waals surface area contributed by atoms with Gasteiger partial charge < -0.3 is 10.1 Å². The Hall–Kier alpha value is -3.40. The molecule has 24 heavy (non-hydrogen) atoms. The Bertz CT molecular complexity index is 1100. The number of aromatic carboxylic acids is 1. The summed E-state index contributed by atoms with van der Waals surface area (Å²) in [7, 11) is 0. The van der Waals surface area contributed by atoms with Crippen LogP contribution < -0.4 is 5.56 Å². The predicted octanol–water partition coefficient (Wildman–Crippen LogP) is 1.33. The molecule has 0 amide bonds. The van der Waals surface area contributed by atoms with Crippen LogP contribution in [0.2, 0.25) is 0 Å². The van der Waals surface area contributed by atoms with Crippen LogP contribution in [0, 0.1) is 0 Å². The van der Waals surface area contributed by atoms with E-state index in [2.05, 4.69) is 25.0 Å². The summed E-state index contributed by atoms with van der Waals surface area (Å²) in [6.45, 7) is 0. The van der Waals surface area contributed by atoms with E-state index in [1.165, 1.54) is 23.4 Å². The first kappa shape index (κ1) is 14.2. The van der Waals surface area contributed by atoms with Crippen molar-refractivity contribution in [2.24, 2.45) is 0 Å². The number of rotatable bonds is 3. The van der Waals surface area contributed by atoms with E-state index in [0.29, 0.717) is 22.7 Å². The lowest BCUT2D eigenvalue weighted by Crippen LogP contribution is -2.08. The standard InChI is InChI=1S/C14H8N6O3S/c21-13-11-8(3-9(24-11)14(22)23)18-12(19-13)7-1-2-10(16-4-7)20-6-15-5-17-20/h1-6H,(H,22,23)(H,18,19,21). The second-order valence-electron chi connectivity index (χ2n) is 4.79. The van der Waals surface area contributed by atoms with Gasteiger partial charge in [-0.25, -0.2) is 24.4 Å². The zero-order chi connectivity index (χ0) is 16.7. The summed E-state index contributed by atoms with van der Waals surface area (Å²) >= 11 is 0.897. The molecule has 0 aliphatic carbocycles. The van der Waals surface area contributed by atoms with Crippen LogP contribution in [-0.2, 0) is 0 Å². The minimum absolute atomic E-state index is 0.0693. The minimum atomic E-state index is -1.09. The number of fused-ring (bicyclic) bond motifs is 1. The maximum Gasteiger partial charge on any atom is 0.345 e. The Morgan fingerprint density at radius 1 is 1.33 bits per heavy atom. The molecule has 9 nitrogen and oxygen atoms in total. The third-order valence-corrected chi connectivity index (χ3v) is 4.38. The number of carboxylic acid groups (broad SMARTS) is 1. The lowest BCUT2D eigenvalue weighted by Gasteiger charge is -2.03. The molecule has 0 spiro atoms. The molecule has 0 unspecified atom stereocenters. The number of aromatic nitrogens is 6. The molecule has 0 aromatic carbocycles. The fourth-order valence-corrected chi connectivity index (χ4v) is 3.00. The van der Waals surface area contributed by atoms with E-state index in [1.807, 2.05) is 0 Å². The fraction of sp³-hybridized carbons (Fsp3) is 0. The molecule has 0 radical (unpaired) electrons. The zero-order valence-electron chi connectivity index (χ0n) is 11.9. The van der Waals surface area contributed by atoms with Gasteiger partial charge in [0, 0.05) is 11.8 Å². The van der Waals surface area contributed by atoms with Gasteiger partial charge in [-0.1, -0.05) is 0 Å². The molecule has 10 heteroatoms. The van der Waals surface area contributed by atoms with Crippen LogP contribution in [0.15, 0.2) is 41.8 Å². The Morgan fingerprint density at radius 2 is 2.21 bits per heavy atom. The quantitative estimate of drug-likeness (QED) is 0.576. The van der Waals surface area contributed by atoms with Crippen LogP contribution in [-0.4, -0.2) is 40.8 Å². The summed E-state index contributed by atoms with van der Waals surface area (Å²) in [6, 6.07) is 4.83. The number of aromatic amines is 1. The Morgan fingerprint density at radius 3 is 2.88 bits per heavy atom. The monoisotopic (exact) mass is 340 g/mol. The highest BCUT2D eigenvalue weighted by Gasteiger charge is 2.14. The Kier molecular flexibility index (Phi) is 3.17. The van der Waals surface area contributed by atoms with Crippen molar-refractivity contribution < 1.29 is 9.90 Å². The van der Waals surface area contributed by atoms with E-state index in [9.17, 15) is 9.59 Å². The molecule has 4 rings (SSSR count). The summed E-state index contributed by atoms with van der Waals surface area (Å²) in [4.78, 5) is 38.3. The number of H-pyrrole nitrogens is 1. The van der Waals surface area contributed by atoms with Crippen LogP contribution in [0.5, 0.6) is 0 Å². The Balaban J connectivity index is 1.78. The summed E-state index contributed by atoms with van der Waals surface area (Å²) in [5.74, 6) is -0.193. The van der Waals surface area contributed by atoms with Gasteiger partial charge in [0.05, 0.1) is 5.52 Å². The lowest BCUT2D eigenvalue weighted by molar-refractivity contribution is 0.0702. The average molecular weight is 340 g/mol. The van der Waals surface area contributed by atoms with Gasteiger partial charge in [-0.15, -0.1) is 11.3 Å². The molecule has 118 valence electrons. The van der Waals surface area contributed by atoms with Gasteiger partial charge in [-0.3, -0.25) is 4.79 Å². The first-order valence-corrected chi connectivity index (χ1v) is 7.52. The first-order chi connectivity index (χ1) is 11.6. The van der Waals surface area contributed by atoms with E-state index in [0.717, 1.165) is 11.3 Å².